The maximum absolute atomic E-state index is 4.49. The van der Waals surface area contributed by atoms with Crippen molar-refractivity contribution in [2.45, 2.75) is 19.9 Å². The first kappa shape index (κ1) is 11.0. The summed E-state index contributed by atoms with van der Waals surface area (Å²) in [7, 11) is 0. The van der Waals surface area contributed by atoms with Crippen LogP contribution in [-0.2, 0) is 0 Å². The Morgan fingerprint density at radius 2 is 2.33 bits per heavy atom. The summed E-state index contributed by atoms with van der Waals surface area (Å²) in [6, 6.07) is 6.70. The third kappa shape index (κ3) is 2.75. The third-order valence-electron chi connectivity index (χ3n) is 2.17. The van der Waals surface area contributed by atoms with E-state index in [0.717, 1.165) is 21.1 Å². The molecule has 15 heavy (non-hydrogen) atoms. The maximum Gasteiger partial charge on any atom is 0.161 e. The van der Waals surface area contributed by atoms with Crippen molar-refractivity contribution in [2.24, 2.45) is 4.99 Å². The van der Waals surface area contributed by atoms with Crippen LogP contribution >= 0.6 is 27.7 Å². The number of benzene rings is 1. The number of hydrogen-bond donors (Lipinski definition) is 1. The minimum Gasteiger partial charge on any atom is -0.334 e. The Morgan fingerprint density at radius 3 is 2.93 bits per heavy atom. The number of nitrogens with one attached hydrogen (secondary N) is 1. The van der Waals surface area contributed by atoms with Crippen molar-refractivity contribution in [1.29, 1.82) is 0 Å². The van der Waals surface area contributed by atoms with E-state index < -0.39 is 0 Å². The van der Waals surface area contributed by atoms with Crippen LogP contribution in [-0.4, -0.2) is 17.0 Å². The fourth-order valence-corrected chi connectivity index (χ4v) is 2.88. The quantitative estimate of drug-likeness (QED) is 0.851. The number of anilines is 1. The van der Waals surface area contributed by atoms with Crippen LogP contribution in [0, 0.1) is 6.92 Å². The van der Waals surface area contributed by atoms with Gasteiger partial charge in [-0.25, -0.2) is 0 Å². The van der Waals surface area contributed by atoms with Crippen LogP contribution in [0.4, 0.5) is 5.69 Å². The highest BCUT2D eigenvalue weighted by Crippen LogP contribution is 2.26. The zero-order valence-electron chi connectivity index (χ0n) is 8.75. The summed E-state index contributed by atoms with van der Waals surface area (Å²) < 4.78 is 1.09. The molecule has 0 aliphatic carbocycles. The minimum atomic E-state index is 0.432. The lowest BCUT2D eigenvalue weighted by molar-refractivity contribution is 0.865. The Balaban J connectivity index is 2.14. The Morgan fingerprint density at radius 1 is 1.53 bits per heavy atom. The van der Waals surface area contributed by atoms with E-state index >= 15 is 0 Å². The molecular weight excluding hydrogens is 272 g/mol. The lowest BCUT2D eigenvalue weighted by Gasteiger charge is -2.07. The summed E-state index contributed by atoms with van der Waals surface area (Å²) in [6.07, 6.45) is 0. The van der Waals surface area contributed by atoms with Crippen molar-refractivity contribution in [3.63, 3.8) is 0 Å². The lowest BCUT2D eigenvalue weighted by atomic mass is 10.2. The highest BCUT2D eigenvalue weighted by atomic mass is 79.9. The summed E-state index contributed by atoms with van der Waals surface area (Å²) in [5.41, 5.74) is 2.34. The molecule has 0 radical (unpaired) electrons. The van der Waals surface area contributed by atoms with Gasteiger partial charge >= 0.3 is 0 Å². The van der Waals surface area contributed by atoms with Gasteiger partial charge in [-0.3, -0.25) is 4.99 Å². The molecule has 0 saturated carbocycles. The standard InChI is InChI=1S/C11H13BrN2S/c1-7-3-4-10(9(12)5-7)14-11-13-8(2)6-15-11/h3-5,8H,6H2,1-2H3,(H,13,14). The summed E-state index contributed by atoms with van der Waals surface area (Å²) in [4.78, 5) is 4.49. The number of thioether (sulfide) groups is 1. The van der Waals surface area contributed by atoms with Gasteiger partial charge < -0.3 is 5.32 Å². The molecule has 2 rings (SSSR count). The van der Waals surface area contributed by atoms with Gasteiger partial charge in [0, 0.05) is 10.2 Å². The van der Waals surface area contributed by atoms with Crippen molar-refractivity contribution in [3.8, 4) is 0 Å². The first-order valence-corrected chi connectivity index (χ1v) is 6.67. The summed E-state index contributed by atoms with van der Waals surface area (Å²) in [5.74, 6) is 1.08. The van der Waals surface area contributed by atoms with Crippen molar-refractivity contribution in [1.82, 2.24) is 0 Å². The average molecular weight is 285 g/mol. The van der Waals surface area contributed by atoms with Gasteiger partial charge in [0.25, 0.3) is 0 Å². The van der Waals surface area contributed by atoms with Crippen molar-refractivity contribution in [3.05, 3.63) is 28.2 Å². The Bertz CT molecular complexity index is 404. The number of halogens is 1. The first-order valence-electron chi connectivity index (χ1n) is 4.89. The van der Waals surface area contributed by atoms with E-state index in [0.29, 0.717) is 6.04 Å². The van der Waals surface area contributed by atoms with Gasteiger partial charge in [0.1, 0.15) is 0 Å². The molecule has 0 fully saturated rings. The zero-order valence-corrected chi connectivity index (χ0v) is 11.2. The van der Waals surface area contributed by atoms with Crippen molar-refractivity contribution >= 4 is 38.5 Å². The molecule has 80 valence electrons. The fourth-order valence-electron chi connectivity index (χ4n) is 1.38. The Kier molecular flexibility index (Phi) is 3.36. The van der Waals surface area contributed by atoms with E-state index in [1.807, 2.05) is 0 Å². The molecule has 1 N–H and O–H groups in total. The molecular formula is C11H13BrN2S. The van der Waals surface area contributed by atoms with Gasteiger partial charge in [-0.05, 0) is 47.5 Å². The number of aliphatic imine (C=N–C) groups is 1. The lowest BCUT2D eigenvalue weighted by Crippen LogP contribution is -2.05. The third-order valence-corrected chi connectivity index (χ3v) is 3.95. The molecule has 1 atom stereocenters. The van der Waals surface area contributed by atoms with Gasteiger partial charge in [0.05, 0.1) is 11.7 Å². The van der Waals surface area contributed by atoms with E-state index in [1.54, 1.807) is 11.8 Å². The van der Waals surface area contributed by atoms with Crippen LogP contribution in [0.15, 0.2) is 27.7 Å². The topological polar surface area (TPSA) is 24.4 Å². The summed E-state index contributed by atoms with van der Waals surface area (Å²) >= 11 is 5.32. The van der Waals surface area contributed by atoms with E-state index in [1.165, 1.54) is 5.56 Å². The Labute approximate surface area is 103 Å². The monoisotopic (exact) mass is 284 g/mol. The molecule has 0 aromatic heterocycles. The van der Waals surface area contributed by atoms with Gasteiger partial charge in [0.15, 0.2) is 5.17 Å². The van der Waals surface area contributed by atoms with Crippen LogP contribution in [0.1, 0.15) is 12.5 Å². The number of amidine groups is 1. The minimum absolute atomic E-state index is 0.432. The predicted octanol–water partition coefficient (Wildman–Crippen LogP) is 3.66. The van der Waals surface area contributed by atoms with E-state index in [-0.39, 0.29) is 0 Å². The van der Waals surface area contributed by atoms with Gasteiger partial charge in [-0.2, -0.15) is 0 Å². The molecule has 1 aliphatic rings. The molecule has 0 spiro atoms. The molecule has 0 bridgehead atoms. The second-order valence-corrected chi connectivity index (χ2v) is 5.57. The van der Waals surface area contributed by atoms with Crippen LogP contribution in [0.2, 0.25) is 0 Å². The van der Waals surface area contributed by atoms with Crippen molar-refractivity contribution in [2.75, 3.05) is 11.1 Å². The van der Waals surface area contributed by atoms with Crippen LogP contribution in [0.3, 0.4) is 0 Å². The maximum atomic E-state index is 4.49. The fraction of sp³-hybridized carbons (Fsp3) is 0.364. The number of nitrogens with zero attached hydrogens (tertiary/aromatic N) is 1. The first-order chi connectivity index (χ1) is 7.15. The zero-order chi connectivity index (χ0) is 10.8. The van der Waals surface area contributed by atoms with Crippen LogP contribution < -0.4 is 5.32 Å². The van der Waals surface area contributed by atoms with E-state index in [9.17, 15) is 0 Å². The number of hydrogen-bond acceptors (Lipinski definition) is 3. The Hall–Kier alpha value is -0.480. The van der Waals surface area contributed by atoms with Gasteiger partial charge in [-0.1, -0.05) is 17.8 Å². The van der Waals surface area contributed by atoms with E-state index in [2.05, 4.69) is 58.3 Å². The van der Waals surface area contributed by atoms with Crippen LogP contribution in [0.25, 0.3) is 0 Å². The van der Waals surface area contributed by atoms with Crippen LogP contribution in [0.5, 0.6) is 0 Å². The molecule has 1 aromatic carbocycles. The summed E-state index contributed by atoms with van der Waals surface area (Å²) in [5, 5.41) is 4.35. The smallest absolute Gasteiger partial charge is 0.161 e. The second kappa shape index (κ2) is 4.58. The molecule has 2 nitrogen and oxygen atoms in total. The SMILES string of the molecule is Cc1ccc(NC2=NC(C)CS2)c(Br)c1. The average Bonchev–Trinajstić information content (AvgIpc) is 2.56. The highest BCUT2D eigenvalue weighted by Gasteiger charge is 2.14. The van der Waals surface area contributed by atoms with Gasteiger partial charge in [0.2, 0.25) is 0 Å². The molecule has 1 heterocycles. The summed E-state index contributed by atoms with van der Waals surface area (Å²) in [6.45, 7) is 4.21. The largest absolute Gasteiger partial charge is 0.334 e. The number of rotatable bonds is 1. The molecule has 1 unspecified atom stereocenters. The molecule has 4 heteroatoms. The molecule has 1 aromatic rings. The predicted molar refractivity (Wildman–Crippen MR) is 71.9 cm³/mol. The second-order valence-electron chi connectivity index (χ2n) is 3.70. The van der Waals surface area contributed by atoms with E-state index in [4.69, 9.17) is 0 Å². The van der Waals surface area contributed by atoms with Gasteiger partial charge in [-0.15, -0.1) is 0 Å². The van der Waals surface area contributed by atoms with Crippen molar-refractivity contribution < 1.29 is 0 Å². The molecule has 0 saturated heterocycles. The normalized spacial score (nSPS) is 20.2. The number of aryl methyl sites for hydroxylation is 1. The molecule has 1 aliphatic heterocycles. The highest BCUT2D eigenvalue weighted by molar-refractivity contribution is 9.10. The molecule has 0 amide bonds.